The van der Waals surface area contributed by atoms with Gasteiger partial charge in [-0.15, -0.1) is 0 Å². The van der Waals surface area contributed by atoms with E-state index in [2.05, 4.69) is 13.8 Å². The fourth-order valence-corrected chi connectivity index (χ4v) is 3.37. The first-order valence-electron chi connectivity index (χ1n) is 6.96. The molecule has 0 bridgehead atoms. The molecule has 102 valence electrons. The van der Waals surface area contributed by atoms with E-state index in [1.165, 1.54) is 0 Å². The summed E-state index contributed by atoms with van der Waals surface area (Å²) in [6, 6.07) is 0. The number of carboxylic acid groups (broad SMARTS) is 1. The second-order valence-corrected chi connectivity index (χ2v) is 6.30. The number of carbonyl (C=O) groups excluding carboxylic acids is 1. The van der Waals surface area contributed by atoms with Crippen LogP contribution in [0.1, 0.15) is 52.4 Å². The zero-order chi connectivity index (χ0) is 13.3. The molecule has 0 aromatic carbocycles. The van der Waals surface area contributed by atoms with Crippen molar-refractivity contribution >= 4 is 11.9 Å². The largest absolute Gasteiger partial charge is 0.481 e. The molecule has 2 aliphatic rings. The normalized spacial score (nSPS) is 31.3. The van der Waals surface area contributed by atoms with Gasteiger partial charge in [-0.2, -0.15) is 0 Å². The predicted molar refractivity (Wildman–Crippen MR) is 68.1 cm³/mol. The van der Waals surface area contributed by atoms with Crippen LogP contribution in [-0.4, -0.2) is 34.0 Å². The van der Waals surface area contributed by atoms with Crippen molar-refractivity contribution in [2.75, 3.05) is 6.54 Å². The number of rotatable bonds is 2. The van der Waals surface area contributed by atoms with Gasteiger partial charge in [0.15, 0.2) is 0 Å². The van der Waals surface area contributed by atoms with Crippen molar-refractivity contribution < 1.29 is 14.7 Å². The average Bonchev–Trinajstić information content (AvgIpc) is 2.68. The van der Waals surface area contributed by atoms with Gasteiger partial charge in [-0.1, -0.05) is 6.42 Å². The molecular weight excluding hydrogens is 230 g/mol. The molecule has 18 heavy (non-hydrogen) atoms. The molecule has 2 unspecified atom stereocenters. The first-order chi connectivity index (χ1) is 8.42. The maximum absolute atomic E-state index is 12.5. The van der Waals surface area contributed by atoms with Crippen molar-refractivity contribution in [1.82, 2.24) is 4.90 Å². The Kier molecular flexibility index (Phi) is 3.64. The summed E-state index contributed by atoms with van der Waals surface area (Å²) in [7, 11) is 0. The fourth-order valence-electron chi connectivity index (χ4n) is 3.37. The third kappa shape index (κ3) is 2.52. The Balaban J connectivity index is 2.03. The highest BCUT2D eigenvalue weighted by atomic mass is 16.4. The first kappa shape index (κ1) is 13.4. The van der Waals surface area contributed by atoms with Crippen molar-refractivity contribution in [2.24, 2.45) is 11.8 Å². The van der Waals surface area contributed by atoms with E-state index in [1.807, 2.05) is 4.90 Å². The van der Waals surface area contributed by atoms with Crippen LogP contribution in [0, 0.1) is 11.8 Å². The van der Waals surface area contributed by atoms with Gasteiger partial charge in [0, 0.05) is 18.0 Å². The molecule has 2 fully saturated rings. The van der Waals surface area contributed by atoms with Gasteiger partial charge in [-0.25, -0.2) is 0 Å². The van der Waals surface area contributed by atoms with Gasteiger partial charge in [-0.3, -0.25) is 9.59 Å². The zero-order valence-corrected chi connectivity index (χ0v) is 11.3. The molecule has 0 spiro atoms. The fraction of sp³-hybridized carbons (Fsp3) is 0.857. The van der Waals surface area contributed by atoms with Gasteiger partial charge in [0.1, 0.15) is 0 Å². The standard InChI is InChI=1S/C14H23NO3/c1-14(2)7-4-8-15(14)12(16)10-5-3-6-11(9-10)13(17)18/h10-11H,3-9H2,1-2H3,(H,17,18). The van der Waals surface area contributed by atoms with E-state index in [4.69, 9.17) is 5.11 Å². The lowest BCUT2D eigenvalue weighted by molar-refractivity contribution is -0.146. The van der Waals surface area contributed by atoms with Gasteiger partial charge in [0.2, 0.25) is 5.91 Å². The molecule has 1 saturated carbocycles. The molecule has 1 N–H and O–H groups in total. The van der Waals surface area contributed by atoms with Crippen LogP contribution in [0.3, 0.4) is 0 Å². The van der Waals surface area contributed by atoms with E-state index in [9.17, 15) is 9.59 Å². The Morgan fingerprint density at radius 1 is 1.17 bits per heavy atom. The highest BCUT2D eigenvalue weighted by Gasteiger charge is 2.40. The van der Waals surface area contributed by atoms with Crippen LogP contribution < -0.4 is 0 Å². The SMILES string of the molecule is CC1(C)CCCN1C(=O)C1CCCC(C(=O)O)C1. The molecule has 4 heteroatoms. The second-order valence-electron chi connectivity index (χ2n) is 6.30. The summed E-state index contributed by atoms with van der Waals surface area (Å²) in [5.41, 5.74) is -0.0484. The van der Waals surface area contributed by atoms with Crippen LogP contribution in [0.4, 0.5) is 0 Å². The highest BCUT2D eigenvalue weighted by Crippen LogP contribution is 2.35. The monoisotopic (exact) mass is 253 g/mol. The van der Waals surface area contributed by atoms with Crippen LogP contribution in [0.2, 0.25) is 0 Å². The summed E-state index contributed by atoms with van der Waals surface area (Å²) in [4.78, 5) is 25.5. The summed E-state index contributed by atoms with van der Waals surface area (Å²) < 4.78 is 0. The van der Waals surface area contributed by atoms with E-state index in [1.54, 1.807) is 0 Å². The molecule has 0 radical (unpaired) electrons. The van der Waals surface area contributed by atoms with Crippen molar-refractivity contribution in [3.8, 4) is 0 Å². The van der Waals surface area contributed by atoms with Crippen LogP contribution in [0.5, 0.6) is 0 Å². The topological polar surface area (TPSA) is 57.6 Å². The van der Waals surface area contributed by atoms with E-state index >= 15 is 0 Å². The predicted octanol–water partition coefficient (Wildman–Crippen LogP) is 2.28. The molecule has 2 atom stereocenters. The van der Waals surface area contributed by atoms with Crippen molar-refractivity contribution in [2.45, 2.75) is 57.9 Å². The maximum Gasteiger partial charge on any atom is 0.306 e. The second kappa shape index (κ2) is 4.90. The van der Waals surface area contributed by atoms with Gasteiger partial charge in [0.25, 0.3) is 0 Å². The van der Waals surface area contributed by atoms with E-state index < -0.39 is 5.97 Å². The van der Waals surface area contributed by atoms with Gasteiger partial charge < -0.3 is 10.0 Å². The van der Waals surface area contributed by atoms with Crippen molar-refractivity contribution in [3.63, 3.8) is 0 Å². The Hall–Kier alpha value is -1.06. The van der Waals surface area contributed by atoms with Gasteiger partial charge in [0.05, 0.1) is 5.92 Å². The molecule has 1 heterocycles. The molecule has 1 aliphatic heterocycles. The molecule has 1 aliphatic carbocycles. The first-order valence-corrected chi connectivity index (χ1v) is 6.96. The summed E-state index contributed by atoms with van der Waals surface area (Å²) >= 11 is 0. The van der Waals surface area contributed by atoms with Crippen molar-refractivity contribution in [1.29, 1.82) is 0 Å². The lowest BCUT2D eigenvalue weighted by atomic mass is 9.80. The third-order valence-electron chi connectivity index (χ3n) is 4.54. The summed E-state index contributed by atoms with van der Waals surface area (Å²) in [5.74, 6) is -0.952. The van der Waals surface area contributed by atoms with E-state index in [0.717, 1.165) is 38.6 Å². The summed E-state index contributed by atoms with van der Waals surface area (Å²) in [6.07, 6.45) is 5.09. The minimum Gasteiger partial charge on any atom is -0.481 e. The quantitative estimate of drug-likeness (QED) is 0.821. The minimum absolute atomic E-state index is 0.0484. The molecular formula is C14H23NO3. The molecule has 4 nitrogen and oxygen atoms in total. The zero-order valence-electron chi connectivity index (χ0n) is 11.3. The highest BCUT2D eigenvalue weighted by molar-refractivity contribution is 5.81. The Bertz CT molecular complexity index is 351. The van der Waals surface area contributed by atoms with Crippen LogP contribution in [0.25, 0.3) is 0 Å². The number of carbonyl (C=O) groups is 2. The number of carboxylic acids is 1. The molecule has 0 aromatic heterocycles. The number of amides is 1. The number of nitrogens with zero attached hydrogens (tertiary/aromatic N) is 1. The Morgan fingerprint density at radius 2 is 1.83 bits per heavy atom. The van der Waals surface area contributed by atoms with E-state index in [-0.39, 0.29) is 23.3 Å². The smallest absolute Gasteiger partial charge is 0.306 e. The van der Waals surface area contributed by atoms with E-state index in [0.29, 0.717) is 6.42 Å². The number of hydrogen-bond donors (Lipinski definition) is 1. The lowest BCUT2D eigenvalue weighted by Gasteiger charge is -2.36. The van der Waals surface area contributed by atoms with Gasteiger partial charge >= 0.3 is 5.97 Å². The summed E-state index contributed by atoms with van der Waals surface area (Å²) in [6.45, 7) is 5.05. The summed E-state index contributed by atoms with van der Waals surface area (Å²) in [5, 5.41) is 9.08. The Morgan fingerprint density at radius 3 is 2.39 bits per heavy atom. The number of aliphatic carboxylic acids is 1. The Labute approximate surface area is 108 Å². The molecule has 1 saturated heterocycles. The third-order valence-corrected chi connectivity index (χ3v) is 4.54. The van der Waals surface area contributed by atoms with Gasteiger partial charge in [-0.05, 0) is 46.0 Å². The van der Waals surface area contributed by atoms with Crippen LogP contribution >= 0.6 is 0 Å². The van der Waals surface area contributed by atoms with Crippen LogP contribution in [-0.2, 0) is 9.59 Å². The van der Waals surface area contributed by atoms with Crippen LogP contribution in [0.15, 0.2) is 0 Å². The minimum atomic E-state index is -0.742. The average molecular weight is 253 g/mol. The maximum atomic E-state index is 12.5. The van der Waals surface area contributed by atoms with Crippen molar-refractivity contribution in [3.05, 3.63) is 0 Å². The lowest BCUT2D eigenvalue weighted by Crippen LogP contribution is -2.46. The molecule has 2 rings (SSSR count). The molecule has 0 aromatic rings. The number of hydrogen-bond acceptors (Lipinski definition) is 2. The number of likely N-dealkylation sites (tertiary alicyclic amines) is 1. The molecule has 1 amide bonds.